The highest BCUT2D eigenvalue weighted by molar-refractivity contribution is 14.0. The molecule has 0 saturated carbocycles. The molecule has 1 aromatic carbocycles. The molecule has 1 aromatic heterocycles. The number of rotatable bonds is 8. The molecule has 8 heteroatoms. The Kier molecular flexibility index (Phi) is 10.3. The number of nitrogens with zero attached hydrogens (tertiary/aromatic N) is 2. The zero-order valence-corrected chi connectivity index (χ0v) is 16.8. The van der Waals surface area contributed by atoms with Crippen LogP contribution in [0, 0.1) is 17.1 Å². The monoisotopic (exact) mass is 472 g/mol. The molecule has 2 aromatic rings. The van der Waals surface area contributed by atoms with Gasteiger partial charge in [-0.05, 0) is 36.8 Å². The van der Waals surface area contributed by atoms with E-state index >= 15 is 0 Å². The molecule has 0 spiro atoms. The van der Waals surface area contributed by atoms with Crippen LogP contribution in [0.1, 0.15) is 23.3 Å². The van der Waals surface area contributed by atoms with Crippen LogP contribution in [0.3, 0.4) is 0 Å². The Balaban J connectivity index is 0.00000338. The van der Waals surface area contributed by atoms with E-state index in [1.165, 1.54) is 18.2 Å². The van der Waals surface area contributed by atoms with Crippen LogP contribution in [0.4, 0.5) is 4.39 Å². The molecule has 1 heterocycles. The summed E-state index contributed by atoms with van der Waals surface area (Å²) in [6.45, 7) is 1.95. The van der Waals surface area contributed by atoms with Gasteiger partial charge in [0, 0.05) is 32.3 Å². The fourth-order valence-corrected chi connectivity index (χ4v) is 2.13. The standard InChI is InChI=1S/C18H21FN4O2.HI/c1-21-18(22-7-3-8-24-13-16-4-2-9-25-16)23-12-15-10-14(11-20)5-6-17(15)19;/h2,4-6,9-10H,3,7-8,12-13H2,1H3,(H2,21,22,23);1H. The molecule has 2 rings (SSSR count). The molecular weight excluding hydrogens is 450 g/mol. The first kappa shape index (κ1) is 21.9. The van der Waals surface area contributed by atoms with Gasteiger partial charge in [0.05, 0.1) is 17.9 Å². The number of hydrogen-bond acceptors (Lipinski definition) is 4. The smallest absolute Gasteiger partial charge is 0.191 e. The van der Waals surface area contributed by atoms with Crippen LogP contribution in [-0.2, 0) is 17.9 Å². The molecule has 140 valence electrons. The van der Waals surface area contributed by atoms with Crippen molar-refractivity contribution in [3.05, 3.63) is 59.3 Å². The largest absolute Gasteiger partial charge is 0.467 e. The van der Waals surface area contributed by atoms with Crippen LogP contribution in [0.5, 0.6) is 0 Å². The van der Waals surface area contributed by atoms with Gasteiger partial charge in [-0.15, -0.1) is 24.0 Å². The van der Waals surface area contributed by atoms with E-state index in [0.29, 0.717) is 36.8 Å². The van der Waals surface area contributed by atoms with Crippen LogP contribution in [0.15, 0.2) is 46.0 Å². The number of guanidine groups is 1. The molecule has 0 radical (unpaired) electrons. The predicted octanol–water partition coefficient (Wildman–Crippen LogP) is 3.18. The van der Waals surface area contributed by atoms with Gasteiger partial charge in [-0.1, -0.05) is 0 Å². The minimum Gasteiger partial charge on any atom is -0.467 e. The van der Waals surface area contributed by atoms with Crippen LogP contribution < -0.4 is 10.6 Å². The fraction of sp³-hybridized carbons (Fsp3) is 0.333. The highest BCUT2D eigenvalue weighted by Gasteiger charge is 2.05. The van der Waals surface area contributed by atoms with Gasteiger partial charge in [0.25, 0.3) is 0 Å². The van der Waals surface area contributed by atoms with Crippen molar-refractivity contribution in [3.8, 4) is 6.07 Å². The SMILES string of the molecule is CN=C(NCCCOCc1ccco1)NCc1cc(C#N)ccc1F.I. The van der Waals surface area contributed by atoms with E-state index in [1.54, 1.807) is 13.3 Å². The number of nitriles is 1. The third kappa shape index (κ3) is 7.41. The lowest BCUT2D eigenvalue weighted by atomic mass is 10.1. The Labute approximate surface area is 169 Å². The molecule has 0 bridgehead atoms. The molecule has 0 aliphatic rings. The maximum atomic E-state index is 13.7. The molecule has 6 nitrogen and oxygen atoms in total. The lowest BCUT2D eigenvalue weighted by Crippen LogP contribution is -2.37. The molecule has 2 N–H and O–H groups in total. The molecule has 26 heavy (non-hydrogen) atoms. The van der Waals surface area contributed by atoms with Crippen LogP contribution in [0.2, 0.25) is 0 Å². The minimum absolute atomic E-state index is 0. The number of ether oxygens (including phenoxy) is 1. The van der Waals surface area contributed by atoms with Gasteiger partial charge < -0.3 is 19.8 Å². The average molecular weight is 472 g/mol. The Morgan fingerprint density at radius 1 is 1.35 bits per heavy atom. The van der Waals surface area contributed by atoms with Gasteiger partial charge in [-0.2, -0.15) is 5.26 Å². The van der Waals surface area contributed by atoms with E-state index in [4.69, 9.17) is 14.4 Å². The van der Waals surface area contributed by atoms with Crippen molar-refractivity contribution in [1.29, 1.82) is 5.26 Å². The summed E-state index contributed by atoms with van der Waals surface area (Å²) >= 11 is 0. The highest BCUT2D eigenvalue weighted by atomic mass is 127. The van der Waals surface area contributed by atoms with Crippen molar-refractivity contribution in [2.45, 2.75) is 19.6 Å². The summed E-state index contributed by atoms with van der Waals surface area (Å²) in [5.74, 6) is 1.01. The first-order valence-corrected chi connectivity index (χ1v) is 7.96. The second-order valence-electron chi connectivity index (χ2n) is 5.26. The number of nitrogens with one attached hydrogen (secondary N) is 2. The van der Waals surface area contributed by atoms with Gasteiger partial charge in [0.2, 0.25) is 0 Å². The van der Waals surface area contributed by atoms with Gasteiger partial charge >= 0.3 is 0 Å². The third-order valence-electron chi connectivity index (χ3n) is 3.43. The van der Waals surface area contributed by atoms with Gasteiger partial charge in [0.1, 0.15) is 18.2 Å². The predicted molar refractivity (Wildman–Crippen MR) is 108 cm³/mol. The highest BCUT2D eigenvalue weighted by Crippen LogP contribution is 2.09. The van der Waals surface area contributed by atoms with Crippen molar-refractivity contribution < 1.29 is 13.5 Å². The van der Waals surface area contributed by atoms with Gasteiger partial charge in [0.15, 0.2) is 5.96 Å². The van der Waals surface area contributed by atoms with Crippen LogP contribution in [0.25, 0.3) is 0 Å². The van der Waals surface area contributed by atoms with E-state index in [9.17, 15) is 4.39 Å². The van der Waals surface area contributed by atoms with Crippen molar-refractivity contribution >= 4 is 29.9 Å². The second kappa shape index (κ2) is 12.3. The minimum atomic E-state index is -0.353. The van der Waals surface area contributed by atoms with Crippen molar-refractivity contribution in [2.24, 2.45) is 4.99 Å². The number of benzene rings is 1. The molecule has 0 saturated heterocycles. The average Bonchev–Trinajstić information content (AvgIpc) is 3.15. The Bertz CT molecular complexity index is 729. The van der Waals surface area contributed by atoms with Crippen LogP contribution >= 0.6 is 24.0 Å². The fourth-order valence-electron chi connectivity index (χ4n) is 2.13. The lowest BCUT2D eigenvalue weighted by molar-refractivity contribution is 0.105. The summed E-state index contributed by atoms with van der Waals surface area (Å²) in [5.41, 5.74) is 0.846. The number of halogens is 2. The number of hydrogen-bond donors (Lipinski definition) is 2. The maximum absolute atomic E-state index is 13.7. The van der Waals surface area contributed by atoms with E-state index in [2.05, 4.69) is 15.6 Å². The summed E-state index contributed by atoms with van der Waals surface area (Å²) in [6.07, 6.45) is 2.41. The molecule has 0 amide bonds. The Morgan fingerprint density at radius 3 is 2.88 bits per heavy atom. The van der Waals surface area contributed by atoms with Crippen molar-refractivity contribution in [3.63, 3.8) is 0 Å². The lowest BCUT2D eigenvalue weighted by Gasteiger charge is -2.12. The number of aliphatic imine (C=N–C) groups is 1. The summed E-state index contributed by atoms with van der Waals surface area (Å²) in [6, 6.07) is 9.96. The van der Waals surface area contributed by atoms with Crippen molar-refractivity contribution in [2.75, 3.05) is 20.2 Å². The summed E-state index contributed by atoms with van der Waals surface area (Å²) in [5, 5.41) is 15.0. The zero-order valence-electron chi connectivity index (χ0n) is 14.5. The summed E-state index contributed by atoms with van der Waals surface area (Å²) < 4.78 is 24.4. The topological polar surface area (TPSA) is 82.6 Å². The van der Waals surface area contributed by atoms with Gasteiger partial charge in [-0.3, -0.25) is 4.99 Å². The van der Waals surface area contributed by atoms with E-state index in [-0.39, 0.29) is 36.3 Å². The Morgan fingerprint density at radius 2 is 2.19 bits per heavy atom. The maximum Gasteiger partial charge on any atom is 0.191 e. The normalized spacial score (nSPS) is 10.7. The molecule has 0 aliphatic carbocycles. The van der Waals surface area contributed by atoms with E-state index < -0.39 is 0 Å². The third-order valence-corrected chi connectivity index (χ3v) is 3.43. The summed E-state index contributed by atoms with van der Waals surface area (Å²) in [4.78, 5) is 4.08. The number of furan rings is 1. The molecule has 0 unspecified atom stereocenters. The summed E-state index contributed by atoms with van der Waals surface area (Å²) in [7, 11) is 1.64. The quantitative estimate of drug-likeness (QED) is 0.267. The molecule has 0 aliphatic heterocycles. The Hall–Kier alpha value is -2.12. The van der Waals surface area contributed by atoms with Crippen LogP contribution in [-0.4, -0.2) is 26.2 Å². The first-order chi connectivity index (χ1) is 12.2. The first-order valence-electron chi connectivity index (χ1n) is 7.96. The molecular formula is C18H22FIN4O2. The van der Waals surface area contributed by atoms with E-state index in [1.807, 2.05) is 18.2 Å². The van der Waals surface area contributed by atoms with E-state index in [0.717, 1.165) is 12.2 Å². The van der Waals surface area contributed by atoms with Gasteiger partial charge in [-0.25, -0.2) is 4.39 Å². The molecule has 0 fully saturated rings. The van der Waals surface area contributed by atoms with Crippen molar-refractivity contribution in [1.82, 2.24) is 10.6 Å². The second-order valence-corrected chi connectivity index (χ2v) is 5.26. The molecule has 0 atom stereocenters. The zero-order chi connectivity index (χ0) is 17.9.